The molecule has 0 aromatic carbocycles. The fraction of sp³-hybridized carbons (Fsp3) is 0.692. The third kappa shape index (κ3) is 2.94. The number of rotatable bonds is 5. The maximum Gasteiger partial charge on any atom is 0.224 e. The van der Waals surface area contributed by atoms with Gasteiger partial charge in [0, 0.05) is 25.3 Å². The summed E-state index contributed by atoms with van der Waals surface area (Å²) in [4.78, 5) is 11.4. The average molecular weight is 313 g/mol. The maximum atomic E-state index is 4.65. The summed E-state index contributed by atoms with van der Waals surface area (Å²) in [6, 6.07) is 0.621. The topological polar surface area (TPSA) is 41.1 Å². The van der Waals surface area contributed by atoms with Gasteiger partial charge < -0.3 is 10.2 Å². The van der Waals surface area contributed by atoms with Gasteiger partial charge in [0.05, 0.1) is 4.47 Å². The third-order valence-electron chi connectivity index (χ3n) is 3.38. The van der Waals surface area contributed by atoms with E-state index in [9.17, 15) is 0 Å². The van der Waals surface area contributed by atoms with Crippen LogP contribution in [0.5, 0.6) is 0 Å². The van der Waals surface area contributed by atoms with Gasteiger partial charge in [0.15, 0.2) is 0 Å². The largest absolute Gasteiger partial charge is 0.354 e. The van der Waals surface area contributed by atoms with Crippen molar-refractivity contribution in [2.45, 2.75) is 45.6 Å². The molecule has 0 saturated carbocycles. The van der Waals surface area contributed by atoms with Crippen molar-refractivity contribution in [3.63, 3.8) is 0 Å². The molecular weight excluding hydrogens is 292 g/mol. The van der Waals surface area contributed by atoms with E-state index in [-0.39, 0.29) is 0 Å². The minimum atomic E-state index is 0.621. The average Bonchev–Trinajstić information content (AvgIpc) is 2.86. The van der Waals surface area contributed by atoms with Crippen LogP contribution >= 0.6 is 15.9 Å². The summed E-state index contributed by atoms with van der Waals surface area (Å²) in [5.74, 6) is 1.77. The standard InChI is InChI=1S/C13H21BrN4/c1-3-7-15-13-16-9-11(14)12(17-13)18-8-5-6-10(18)4-2/h9-10H,3-8H2,1-2H3,(H,15,16,17). The van der Waals surface area contributed by atoms with Crippen LogP contribution in [0.4, 0.5) is 11.8 Å². The van der Waals surface area contributed by atoms with Crippen LogP contribution < -0.4 is 10.2 Å². The van der Waals surface area contributed by atoms with E-state index in [4.69, 9.17) is 0 Å². The predicted molar refractivity (Wildman–Crippen MR) is 79.2 cm³/mol. The van der Waals surface area contributed by atoms with Gasteiger partial charge in [-0.05, 0) is 41.6 Å². The van der Waals surface area contributed by atoms with Crippen molar-refractivity contribution in [1.82, 2.24) is 9.97 Å². The second-order valence-electron chi connectivity index (χ2n) is 4.69. The molecule has 0 bridgehead atoms. The van der Waals surface area contributed by atoms with Gasteiger partial charge in [0.1, 0.15) is 5.82 Å². The van der Waals surface area contributed by atoms with Crippen LogP contribution in [0.3, 0.4) is 0 Å². The first-order valence-electron chi connectivity index (χ1n) is 6.79. The Morgan fingerprint density at radius 3 is 3.06 bits per heavy atom. The molecule has 100 valence electrons. The Bertz CT molecular complexity index is 397. The molecular formula is C13H21BrN4. The maximum absolute atomic E-state index is 4.65. The van der Waals surface area contributed by atoms with Crippen molar-refractivity contribution in [3.8, 4) is 0 Å². The third-order valence-corrected chi connectivity index (χ3v) is 3.94. The molecule has 1 saturated heterocycles. The number of anilines is 2. The Morgan fingerprint density at radius 1 is 1.50 bits per heavy atom. The molecule has 2 heterocycles. The molecule has 5 heteroatoms. The molecule has 1 aliphatic heterocycles. The van der Waals surface area contributed by atoms with Gasteiger partial charge in [-0.15, -0.1) is 0 Å². The summed E-state index contributed by atoms with van der Waals surface area (Å²) in [7, 11) is 0. The van der Waals surface area contributed by atoms with Crippen LogP contribution in [-0.2, 0) is 0 Å². The van der Waals surface area contributed by atoms with Crippen LogP contribution in [-0.4, -0.2) is 29.1 Å². The summed E-state index contributed by atoms with van der Waals surface area (Å²) >= 11 is 3.57. The molecule has 1 aromatic heterocycles. The summed E-state index contributed by atoms with van der Waals surface area (Å²) in [6.07, 6.45) is 6.63. The fourth-order valence-electron chi connectivity index (χ4n) is 2.42. The smallest absolute Gasteiger partial charge is 0.224 e. The van der Waals surface area contributed by atoms with Crippen molar-refractivity contribution < 1.29 is 0 Å². The van der Waals surface area contributed by atoms with E-state index in [1.165, 1.54) is 19.3 Å². The van der Waals surface area contributed by atoms with Gasteiger partial charge in [0.2, 0.25) is 5.95 Å². The highest BCUT2D eigenvalue weighted by Crippen LogP contribution is 2.31. The summed E-state index contributed by atoms with van der Waals surface area (Å²) in [5, 5.41) is 3.25. The lowest BCUT2D eigenvalue weighted by Crippen LogP contribution is -2.30. The van der Waals surface area contributed by atoms with Crippen molar-refractivity contribution in [2.24, 2.45) is 0 Å². The zero-order valence-corrected chi connectivity index (χ0v) is 12.7. The molecule has 1 fully saturated rings. The van der Waals surface area contributed by atoms with Crippen molar-refractivity contribution in [3.05, 3.63) is 10.7 Å². The Kier molecular flexibility index (Phi) is 4.80. The highest BCUT2D eigenvalue weighted by atomic mass is 79.9. The highest BCUT2D eigenvalue weighted by molar-refractivity contribution is 9.10. The molecule has 0 radical (unpaired) electrons. The number of aromatic nitrogens is 2. The van der Waals surface area contributed by atoms with Crippen LogP contribution in [0.1, 0.15) is 39.5 Å². The highest BCUT2D eigenvalue weighted by Gasteiger charge is 2.26. The second kappa shape index (κ2) is 6.36. The lowest BCUT2D eigenvalue weighted by atomic mass is 10.2. The van der Waals surface area contributed by atoms with Gasteiger partial charge in [-0.1, -0.05) is 13.8 Å². The Balaban J connectivity index is 2.20. The molecule has 18 heavy (non-hydrogen) atoms. The first-order chi connectivity index (χ1) is 8.76. The van der Waals surface area contributed by atoms with Gasteiger partial charge >= 0.3 is 0 Å². The van der Waals surface area contributed by atoms with E-state index in [1.807, 2.05) is 6.20 Å². The quantitative estimate of drug-likeness (QED) is 0.904. The molecule has 0 aliphatic carbocycles. The van der Waals surface area contributed by atoms with E-state index in [0.717, 1.165) is 35.7 Å². The van der Waals surface area contributed by atoms with E-state index in [2.05, 4.69) is 50.0 Å². The SMILES string of the molecule is CCCNc1ncc(Br)c(N2CCCC2CC)n1. The van der Waals surface area contributed by atoms with Crippen LogP contribution in [0, 0.1) is 0 Å². The van der Waals surface area contributed by atoms with Gasteiger partial charge in [-0.25, -0.2) is 4.98 Å². The molecule has 1 unspecified atom stereocenters. The minimum absolute atomic E-state index is 0.621. The number of hydrogen-bond donors (Lipinski definition) is 1. The molecule has 4 nitrogen and oxygen atoms in total. The second-order valence-corrected chi connectivity index (χ2v) is 5.54. The van der Waals surface area contributed by atoms with Crippen LogP contribution in [0.25, 0.3) is 0 Å². The Hall–Kier alpha value is -0.840. The van der Waals surface area contributed by atoms with Gasteiger partial charge in [0.25, 0.3) is 0 Å². The van der Waals surface area contributed by atoms with E-state index in [1.54, 1.807) is 0 Å². The van der Waals surface area contributed by atoms with Crippen molar-refractivity contribution >= 4 is 27.7 Å². The first-order valence-corrected chi connectivity index (χ1v) is 7.58. The lowest BCUT2D eigenvalue weighted by molar-refractivity contribution is 0.639. The van der Waals surface area contributed by atoms with E-state index < -0.39 is 0 Å². The van der Waals surface area contributed by atoms with E-state index in [0.29, 0.717) is 6.04 Å². The Labute approximate surface area is 117 Å². The first kappa shape index (κ1) is 13.6. The molecule has 1 atom stereocenters. The van der Waals surface area contributed by atoms with Crippen LogP contribution in [0.15, 0.2) is 10.7 Å². The van der Waals surface area contributed by atoms with Crippen molar-refractivity contribution in [2.75, 3.05) is 23.3 Å². The Morgan fingerprint density at radius 2 is 2.33 bits per heavy atom. The van der Waals surface area contributed by atoms with E-state index >= 15 is 0 Å². The zero-order valence-electron chi connectivity index (χ0n) is 11.1. The molecule has 0 spiro atoms. The monoisotopic (exact) mass is 312 g/mol. The number of hydrogen-bond acceptors (Lipinski definition) is 4. The number of nitrogens with zero attached hydrogens (tertiary/aromatic N) is 3. The number of halogens is 1. The molecule has 1 N–H and O–H groups in total. The normalized spacial score (nSPS) is 19.3. The predicted octanol–water partition coefficient (Wildman–Crippen LogP) is 3.44. The van der Waals surface area contributed by atoms with Crippen LogP contribution in [0.2, 0.25) is 0 Å². The lowest BCUT2D eigenvalue weighted by Gasteiger charge is -2.25. The minimum Gasteiger partial charge on any atom is -0.354 e. The summed E-state index contributed by atoms with van der Waals surface area (Å²) < 4.78 is 0.991. The van der Waals surface area contributed by atoms with Crippen molar-refractivity contribution in [1.29, 1.82) is 0 Å². The molecule has 2 rings (SSSR count). The van der Waals surface area contributed by atoms with Gasteiger partial charge in [-0.3, -0.25) is 0 Å². The molecule has 0 amide bonds. The summed E-state index contributed by atoms with van der Waals surface area (Å²) in [5.41, 5.74) is 0. The zero-order chi connectivity index (χ0) is 13.0. The number of nitrogens with one attached hydrogen (secondary N) is 1. The van der Waals surface area contributed by atoms with Gasteiger partial charge in [-0.2, -0.15) is 4.98 Å². The fourth-order valence-corrected chi connectivity index (χ4v) is 2.84. The summed E-state index contributed by atoms with van der Waals surface area (Å²) in [6.45, 7) is 6.40. The molecule has 1 aliphatic rings. The molecule has 1 aromatic rings.